The van der Waals surface area contributed by atoms with Gasteiger partial charge in [-0.3, -0.25) is 4.79 Å². The zero-order chi connectivity index (χ0) is 18.4. The van der Waals surface area contributed by atoms with Crippen LogP contribution < -0.4 is 9.67 Å². The minimum Gasteiger partial charge on any atom is -0.460 e. The first-order valence-electron chi connectivity index (χ1n) is 6.58. The van der Waals surface area contributed by atoms with Gasteiger partial charge in [-0.05, 0) is 20.8 Å². The number of phenolic OH excluding ortho intramolecular Hbond substituents is 1. The molecule has 0 heterocycles. The molecule has 0 radical (unpaired) electrons. The van der Waals surface area contributed by atoms with Crippen molar-refractivity contribution in [2.24, 2.45) is 0 Å². The molecule has 1 amide bonds. The second kappa shape index (κ2) is 8.19. The van der Waals surface area contributed by atoms with Crippen LogP contribution in [0.15, 0.2) is 18.2 Å². The van der Waals surface area contributed by atoms with E-state index in [-0.39, 0.29) is 27.4 Å². The van der Waals surface area contributed by atoms with Crippen molar-refractivity contribution in [2.45, 2.75) is 40.2 Å². The number of nitrogens with one attached hydrogen (secondary N) is 1. The van der Waals surface area contributed by atoms with Gasteiger partial charge in [0.2, 0.25) is 0 Å². The summed E-state index contributed by atoms with van der Waals surface area (Å²) in [6.45, 7) is 8.16. The smallest absolute Gasteiger partial charge is 0.303 e. The maximum absolute atomic E-state index is 10.9. The van der Waals surface area contributed by atoms with Crippen LogP contribution in [0.5, 0.6) is 5.75 Å². The molecule has 8 nitrogen and oxygen atoms in total. The molecular formula is C14H22AsNO7. The van der Waals surface area contributed by atoms with E-state index in [1.807, 2.05) is 20.8 Å². The van der Waals surface area contributed by atoms with Gasteiger partial charge in [0.15, 0.2) is 0 Å². The predicted octanol–water partition coefficient (Wildman–Crippen LogP) is 0.260. The van der Waals surface area contributed by atoms with E-state index in [1.165, 1.54) is 13.8 Å². The third-order valence-electron chi connectivity index (χ3n) is 2.08. The number of carbonyl (C=O) groups excluding carboxylic acids is 2. The molecule has 0 aliphatic rings. The standard InChI is InChI=1S/C8H10AsNO5.C6H12O2/c1-5(11)10-7-4-6(9(13,14)15)2-3-8(7)12;1-5(7)8-6(2,3)4/h2-4,12H,1H3,(H,10,11)(H2,13,14,15);1-4H3. The summed E-state index contributed by atoms with van der Waals surface area (Å²) in [7, 11) is 0. The molecule has 0 aliphatic carbocycles. The minimum atomic E-state index is -4.98. The number of benzene rings is 1. The fourth-order valence-corrected chi connectivity index (χ4v) is 2.61. The Hall–Kier alpha value is -1.76. The van der Waals surface area contributed by atoms with Crippen LogP contribution in [0.1, 0.15) is 34.6 Å². The van der Waals surface area contributed by atoms with E-state index in [4.69, 9.17) is 12.9 Å². The molecule has 0 unspecified atom stereocenters. The largest absolute Gasteiger partial charge is 0.460 e. The summed E-state index contributed by atoms with van der Waals surface area (Å²) >= 11 is -4.98. The van der Waals surface area contributed by atoms with Crippen LogP contribution in [0.3, 0.4) is 0 Å². The van der Waals surface area contributed by atoms with Crippen molar-refractivity contribution >= 4 is 36.1 Å². The topological polar surface area (TPSA) is 133 Å². The summed E-state index contributed by atoms with van der Waals surface area (Å²) in [5.41, 5.74) is -0.337. The van der Waals surface area contributed by atoms with E-state index in [0.29, 0.717) is 0 Å². The van der Waals surface area contributed by atoms with Crippen molar-refractivity contribution in [3.8, 4) is 5.75 Å². The van der Waals surface area contributed by atoms with Gasteiger partial charge in [0.25, 0.3) is 0 Å². The van der Waals surface area contributed by atoms with Crippen molar-refractivity contribution < 1.29 is 31.4 Å². The minimum absolute atomic E-state index is 0.00951. The van der Waals surface area contributed by atoms with Gasteiger partial charge in [0.1, 0.15) is 5.60 Å². The number of anilines is 1. The SMILES string of the molecule is CC(=O)Nc1cc([As](=O)(O)O)ccc1O.CC(=O)OC(C)(C)C. The van der Waals surface area contributed by atoms with E-state index in [0.717, 1.165) is 18.2 Å². The Kier molecular flexibility index (Phi) is 7.56. The first-order chi connectivity index (χ1) is 10.2. The molecule has 4 N–H and O–H groups in total. The van der Waals surface area contributed by atoms with E-state index >= 15 is 0 Å². The molecule has 0 saturated carbocycles. The van der Waals surface area contributed by atoms with Crippen LogP contribution in [-0.2, 0) is 18.1 Å². The van der Waals surface area contributed by atoms with Crippen molar-refractivity contribution in [1.82, 2.24) is 0 Å². The van der Waals surface area contributed by atoms with Crippen LogP contribution in [0.25, 0.3) is 0 Å². The summed E-state index contributed by atoms with van der Waals surface area (Å²) < 4.78 is 33.4. The molecule has 23 heavy (non-hydrogen) atoms. The number of rotatable bonds is 2. The van der Waals surface area contributed by atoms with Gasteiger partial charge in [0, 0.05) is 6.92 Å². The number of carbonyl (C=O) groups is 2. The van der Waals surface area contributed by atoms with Gasteiger partial charge in [-0.15, -0.1) is 0 Å². The second-order valence-corrected chi connectivity index (χ2v) is 9.00. The second-order valence-electron chi connectivity index (χ2n) is 5.63. The van der Waals surface area contributed by atoms with Crippen molar-refractivity contribution in [1.29, 1.82) is 0 Å². The molecule has 0 bridgehead atoms. The third-order valence-corrected chi connectivity index (χ3v) is 4.07. The molecule has 0 aliphatic heterocycles. The van der Waals surface area contributed by atoms with Crippen LogP contribution in [-0.4, -0.2) is 44.9 Å². The summed E-state index contributed by atoms with van der Waals surface area (Å²) in [5.74, 6) is -0.893. The van der Waals surface area contributed by atoms with Crippen LogP contribution in [0.4, 0.5) is 5.69 Å². The molecule has 1 aromatic rings. The van der Waals surface area contributed by atoms with Gasteiger partial charge in [-0.25, -0.2) is 0 Å². The van der Waals surface area contributed by atoms with Crippen molar-refractivity contribution in [2.75, 3.05) is 5.32 Å². The number of esters is 1. The molecule has 0 saturated heterocycles. The number of aromatic hydroxyl groups is 1. The molecule has 0 spiro atoms. The average molecular weight is 391 g/mol. The Balaban J connectivity index is 0.000000515. The monoisotopic (exact) mass is 391 g/mol. The molecule has 130 valence electrons. The Bertz CT molecular complexity index is 616. The first kappa shape index (κ1) is 21.2. The van der Waals surface area contributed by atoms with Gasteiger partial charge in [0.05, 0.1) is 0 Å². The van der Waals surface area contributed by atoms with Crippen molar-refractivity contribution in [3.63, 3.8) is 0 Å². The maximum Gasteiger partial charge on any atom is 0.303 e. The molecular weight excluding hydrogens is 369 g/mol. The average Bonchev–Trinajstić information content (AvgIpc) is 2.27. The summed E-state index contributed by atoms with van der Waals surface area (Å²) in [6.07, 6.45) is 0. The maximum atomic E-state index is 10.9. The van der Waals surface area contributed by atoms with Crippen LogP contribution in [0.2, 0.25) is 0 Å². The fourth-order valence-electron chi connectivity index (χ4n) is 1.43. The normalized spacial score (nSPS) is 11.1. The van der Waals surface area contributed by atoms with Gasteiger partial charge in [-0.1, -0.05) is 0 Å². The Morgan fingerprint density at radius 2 is 1.70 bits per heavy atom. The van der Waals surface area contributed by atoms with Gasteiger partial charge in [-0.2, -0.15) is 0 Å². The molecule has 0 atom stereocenters. The zero-order valence-electron chi connectivity index (χ0n) is 13.7. The van der Waals surface area contributed by atoms with E-state index < -0.39 is 20.1 Å². The Labute approximate surface area is 137 Å². The van der Waals surface area contributed by atoms with E-state index in [1.54, 1.807) is 0 Å². The summed E-state index contributed by atoms with van der Waals surface area (Å²) in [6, 6.07) is 3.32. The fraction of sp³-hybridized carbons (Fsp3) is 0.429. The van der Waals surface area contributed by atoms with Gasteiger partial charge < -0.3 is 4.74 Å². The third kappa shape index (κ3) is 9.78. The number of amides is 1. The number of hydrogen-bond acceptors (Lipinski definition) is 5. The zero-order valence-corrected chi connectivity index (χ0v) is 15.5. The molecule has 9 heteroatoms. The van der Waals surface area contributed by atoms with Gasteiger partial charge >= 0.3 is 94.1 Å². The predicted molar refractivity (Wildman–Crippen MR) is 84.4 cm³/mol. The van der Waals surface area contributed by atoms with Crippen molar-refractivity contribution in [3.05, 3.63) is 18.2 Å². The number of hydrogen-bond donors (Lipinski definition) is 4. The molecule has 0 aromatic heterocycles. The van der Waals surface area contributed by atoms with E-state index in [2.05, 4.69) is 5.32 Å². The first-order valence-corrected chi connectivity index (χ1v) is 9.97. The van der Waals surface area contributed by atoms with Crippen LogP contribution >= 0.6 is 0 Å². The quantitative estimate of drug-likeness (QED) is 0.323. The summed E-state index contributed by atoms with van der Waals surface area (Å²) in [4.78, 5) is 21.0. The molecule has 1 rings (SSSR count). The Morgan fingerprint density at radius 1 is 1.17 bits per heavy atom. The Morgan fingerprint density at radius 3 is 2.00 bits per heavy atom. The number of phenols is 1. The summed E-state index contributed by atoms with van der Waals surface area (Å²) in [5, 5.41) is 11.6. The van der Waals surface area contributed by atoms with E-state index in [9.17, 15) is 18.4 Å². The molecule has 0 fully saturated rings. The van der Waals surface area contributed by atoms with Crippen LogP contribution in [0, 0.1) is 0 Å². The number of ether oxygens (including phenoxy) is 1. The molecule has 1 aromatic carbocycles.